The number of likely N-dealkylation sites (tertiary alicyclic amines) is 1. The lowest BCUT2D eigenvalue weighted by molar-refractivity contribution is 0.0728. The molecule has 2 aliphatic rings. The van der Waals surface area contributed by atoms with Crippen molar-refractivity contribution in [1.82, 2.24) is 10.2 Å². The van der Waals surface area contributed by atoms with E-state index >= 15 is 0 Å². The molecule has 2 heteroatoms. The van der Waals surface area contributed by atoms with Gasteiger partial charge in [-0.3, -0.25) is 0 Å². The molecule has 0 amide bonds. The summed E-state index contributed by atoms with van der Waals surface area (Å²) in [6.07, 6.45) is 8.56. The van der Waals surface area contributed by atoms with Crippen LogP contribution in [-0.4, -0.2) is 17.0 Å². The standard InChI is InChI=1S/C25H44N2/c1-11-13-21(14-12-2)27-18(4)16-25(9,10)23-22(20(27)6)19(5)26-17(3)15-24(23,7)8/h15,18,21-23,26H,5-6,11-14,16H2,1-4,7-10H3. The van der Waals surface area contributed by atoms with Crippen LogP contribution in [0.4, 0.5) is 0 Å². The van der Waals surface area contributed by atoms with Crippen LogP contribution in [0, 0.1) is 22.7 Å². The van der Waals surface area contributed by atoms with Crippen LogP contribution in [0.15, 0.2) is 36.3 Å². The normalized spacial score (nSPS) is 30.3. The Morgan fingerprint density at radius 2 is 1.70 bits per heavy atom. The quantitative estimate of drug-likeness (QED) is 0.566. The molecule has 2 heterocycles. The van der Waals surface area contributed by atoms with Gasteiger partial charge in [-0.1, -0.05) is 73.6 Å². The van der Waals surface area contributed by atoms with Crippen LogP contribution in [0.3, 0.4) is 0 Å². The Hall–Kier alpha value is -1.18. The molecule has 2 nitrogen and oxygen atoms in total. The van der Waals surface area contributed by atoms with Crippen LogP contribution >= 0.6 is 0 Å². The minimum absolute atomic E-state index is 0.0916. The SMILES string of the molecule is C=C1NC(C)=CC(C)(C)C2C1C(=C)N(C(CCC)CCC)C(C)CC2(C)C. The topological polar surface area (TPSA) is 15.3 Å². The fourth-order valence-electron chi connectivity index (χ4n) is 6.61. The Morgan fingerprint density at radius 3 is 2.22 bits per heavy atom. The summed E-state index contributed by atoms with van der Waals surface area (Å²) in [4.78, 5) is 2.70. The van der Waals surface area contributed by atoms with Gasteiger partial charge < -0.3 is 10.2 Å². The van der Waals surface area contributed by atoms with E-state index in [-0.39, 0.29) is 16.7 Å². The summed E-state index contributed by atoms with van der Waals surface area (Å²) in [6.45, 7) is 28.2. The summed E-state index contributed by atoms with van der Waals surface area (Å²) in [6, 6.07) is 1.10. The first-order chi connectivity index (χ1) is 12.5. The summed E-state index contributed by atoms with van der Waals surface area (Å²) in [5.41, 5.74) is 3.94. The maximum Gasteiger partial charge on any atom is 0.0420 e. The average molecular weight is 373 g/mol. The van der Waals surface area contributed by atoms with Crippen LogP contribution in [-0.2, 0) is 0 Å². The molecule has 0 radical (unpaired) electrons. The molecule has 2 rings (SSSR count). The van der Waals surface area contributed by atoms with Gasteiger partial charge in [-0.2, -0.15) is 0 Å². The minimum atomic E-state index is 0.0916. The van der Waals surface area contributed by atoms with E-state index in [0.717, 1.165) is 5.70 Å². The van der Waals surface area contributed by atoms with Crippen LogP contribution < -0.4 is 5.32 Å². The predicted octanol–water partition coefficient (Wildman–Crippen LogP) is 6.87. The highest BCUT2D eigenvalue weighted by Crippen LogP contribution is 2.56. The first-order valence-corrected chi connectivity index (χ1v) is 11.1. The molecule has 1 fully saturated rings. The number of hydrogen-bond donors (Lipinski definition) is 1. The number of hydrogen-bond acceptors (Lipinski definition) is 2. The molecule has 3 atom stereocenters. The molecule has 0 aromatic heterocycles. The van der Waals surface area contributed by atoms with Crippen molar-refractivity contribution in [3.05, 3.63) is 36.3 Å². The zero-order valence-corrected chi connectivity index (χ0v) is 19.3. The number of nitrogens with zero attached hydrogens (tertiary/aromatic N) is 1. The molecule has 0 saturated carbocycles. The third-order valence-corrected chi connectivity index (χ3v) is 6.92. The van der Waals surface area contributed by atoms with Crippen molar-refractivity contribution in [1.29, 1.82) is 0 Å². The molecule has 0 aliphatic carbocycles. The van der Waals surface area contributed by atoms with Gasteiger partial charge in [0, 0.05) is 35.1 Å². The fourth-order valence-corrected chi connectivity index (χ4v) is 6.61. The Bertz CT molecular complexity index is 589. The average Bonchev–Trinajstić information content (AvgIpc) is 2.64. The van der Waals surface area contributed by atoms with Crippen molar-refractivity contribution in [2.24, 2.45) is 22.7 Å². The summed E-state index contributed by atoms with van der Waals surface area (Å²) < 4.78 is 0. The third-order valence-electron chi connectivity index (χ3n) is 6.92. The van der Waals surface area contributed by atoms with E-state index in [1.807, 2.05) is 0 Å². The molecular formula is C25H44N2. The highest BCUT2D eigenvalue weighted by molar-refractivity contribution is 5.29. The van der Waals surface area contributed by atoms with Gasteiger partial charge in [0.1, 0.15) is 0 Å². The van der Waals surface area contributed by atoms with Gasteiger partial charge in [-0.05, 0) is 49.9 Å². The lowest BCUT2D eigenvalue weighted by Crippen LogP contribution is -2.43. The molecule has 2 aliphatic heterocycles. The lowest BCUT2D eigenvalue weighted by Gasteiger charge is -2.46. The van der Waals surface area contributed by atoms with Crippen molar-refractivity contribution in [2.45, 2.75) is 99.6 Å². The van der Waals surface area contributed by atoms with Crippen LogP contribution in [0.25, 0.3) is 0 Å². The molecule has 154 valence electrons. The second kappa shape index (κ2) is 8.05. The molecule has 0 aromatic rings. The zero-order valence-electron chi connectivity index (χ0n) is 19.3. The highest BCUT2D eigenvalue weighted by Gasteiger charge is 2.52. The molecule has 27 heavy (non-hydrogen) atoms. The maximum absolute atomic E-state index is 4.73. The van der Waals surface area contributed by atoms with Gasteiger partial charge >= 0.3 is 0 Å². The molecular weight excluding hydrogens is 328 g/mol. The molecule has 1 N–H and O–H groups in total. The van der Waals surface area contributed by atoms with Gasteiger partial charge in [-0.15, -0.1) is 0 Å². The van der Waals surface area contributed by atoms with E-state index < -0.39 is 0 Å². The molecule has 1 saturated heterocycles. The van der Waals surface area contributed by atoms with E-state index in [1.54, 1.807) is 0 Å². The first kappa shape index (κ1) is 22.1. The maximum atomic E-state index is 4.73. The van der Waals surface area contributed by atoms with Gasteiger partial charge in [0.2, 0.25) is 0 Å². The number of fused-ring (bicyclic) bond motifs is 1. The molecule has 3 unspecified atom stereocenters. The van der Waals surface area contributed by atoms with Crippen LogP contribution in [0.1, 0.15) is 87.5 Å². The van der Waals surface area contributed by atoms with Gasteiger partial charge in [0.15, 0.2) is 0 Å². The highest BCUT2D eigenvalue weighted by atomic mass is 15.2. The van der Waals surface area contributed by atoms with Gasteiger partial charge in [0.25, 0.3) is 0 Å². The van der Waals surface area contributed by atoms with Crippen molar-refractivity contribution < 1.29 is 0 Å². The zero-order chi connectivity index (χ0) is 20.6. The third kappa shape index (κ3) is 4.30. The number of rotatable bonds is 5. The van der Waals surface area contributed by atoms with E-state index in [1.165, 1.54) is 43.5 Å². The van der Waals surface area contributed by atoms with Crippen molar-refractivity contribution in [3.8, 4) is 0 Å². The van der Waals surface area contributed by atoms with Gasteiger partial charge in [0.05, 0.1) is 0 Å². The van der Waals surface area contributed by atoms with Gasteiger partial charge in [-0.25, -0.2) is 0 Å². The van der Waals surface area contributed by atoms with Crippen LogP contribution in [0.5, 0.6) is 0 Å². The van der Waals surface area contributed by atoms with Crippen molar-refractivity contribution >= 4 is 0 Å². The van der Waals surface area contributed by atoms with Crippen LogP contribution in [0.2, 0.25) is 0 Å². The first-order valence-electron chi connectivity index (χ1n) is 11.1. The van der Waals surface area contributed by atoms with Crippen molar-refractivity contribution in [2.75, 3.05) is 0 Å². The summed E-state index contributed by atoms with van der Waals surface area (Å²) >= 11 is 0. The number of allylic oxidation sites excluding steroid dienone is 2. The Morgan fingerprint density at radius 1 is 1.15 bits per heavy atom. The summed E-state index contributed by atoms with van der Waals surface area (Å²) in [5.74, 6) is 0.746. The summed E-state index contributed by atoms with van der Waals surface area (Å²) in [5, 5.41) is 3.61. The Balaban J connectivity index is 2.59. The summed E-state index contributed by atoms with van der Waals surface area (Å²) in [7, 11) is 0. The largest absolute Gasteiger partial charge is 0.369 e. The second-order valence-electron chi connectivity index (χ2n) is 10.4. The molecule has 0 aromatic carbocycles. The number of nitrogens with one attached hydrogen (secondary N) is 1. The lowest BCUT2D eigenvalue weighted by atomic mass is 9.58. The Labute approximate surface area is 169 Å². The van der Waals surface area contributed by atoms with E-state index in [9.17, 15) is 0 Å². The van der Waals surface area contributed by atoms with E-state index in [4.69, 9.17) is 6.58 Å². The fraction of sp³-hybridized carbons (Fsp3) is 0.760. The smallest absolute Gasteiger partial charge is 0.0420 e. The molecule has 0 bridgehead atoms. The predicted molar refractivity (Wildman–Crippen MR) is 119 cm³/mol. The van der Waals surface area contributed by atoms with E-state index in [0.29, 0.717) is 18.0 Å². The second-order valence-corrected chi connectivity index (χ2v) is 10.4. The monoisotopic (exact) mass is 372 g/mol. The molecule has 0 spiro atoms. The van der Waals surface area contributed by atoms with Crippen molar-refractivity contribution in [3.63, 3.8) is 0 Å². The minimum Gasteiger partial charge on any atom is -0.369 e. The Kier molecular flexibility index (Phi) is 6.59. The van der Waals surface area contributed by atoms with E-state index in [2.05, 4.69) is 78.3 Å².